The molecule has 0 aromatic rings. The van der Waals surface area contributed by atoms with Crippen molar-refractivity contribution in [3.63, 3.8) is 0 Å². The fourth-order valence-electron chi connectivity index (χ4n) is 7.33. The number of hydrogen-bond donors (Lipinski definition) is 2. The van der Waals surface area contributed by atoms with E-state index in [1.54, 1.807) is 0 Å². The molecule has 26 heavy (non-hydrogen) atoms. The highest BCUT2D eigenvalue weighted by molar-refractivity contribution is 5.26. The minimum Gasteiger partial charge on any atom is -0.390 e. The minimum atomic E-state index is -0.667. The van der Waals surface area contributed by atoms with Crippen molar-refractivity contribution in [2.24, 2.45) is 28.6 Å². The number of aliphatic hydroxyl groups is 2. The second-order valence-electron chi connectivity index (χ2n) is 11.1. The average Bonchev–Trinajstić information content (AvgIpc) is 2.84. The van der Waals surface area contributed by atoms with Gasteiger partial charge in [0, 0.05) is 0 Å². The van der Waals surface area contributed by atoms with Crippen LogP contribution in [0.25, 0.3) is 0 Å². The van der Waals surface area contributed by atoms with Crippen LogP contribution in [0.2, 0.25) is 0 Å². The highest BCUT2D eigenvalue weighted by atomic mass is 16.5. The number of rotatable bonds is 1. The summed E-state index contributed by atoms with van der Waals surface area (Å²) in [6, 6.07) is 0. The SMILES string of the molecule is CC(C)(C)O[C@H]1CC[C@H]2[C@@H]3CCC4=C[C@@H](O)[C@H](O)C[C@]4(C)[C@H]3CC[C@]12C. The van der Waals surface area contributed by atoms with Crippen LogP contribution in [-0.4, -0.2) is 34.1 Å². The molecule has 0 heterocycles. The summed E-state index contributed by atoms with van der Waals surface area (Å²) < 4.78 is 6.53. The van der Waals surface area contributed by atoms with Crippen molar-refractivity contribution in [1.29, 1.82) is 0 Å². The average molecular weight is 363 g/mol. The van der Waals surface area contributed by atoms with Gasteiger partial charge in [0.25, 0.3) is 0 Å². The lowest BCUT2D eigenvalue weighted by Crippen LogP contribution is -2.54. The first-order chi connectivity index (χ1) is 12.0. The largest absolute Gasteiger partial charge is 0.390 e. The molecule has 3 fully saturated rings. The Labute approximate surface area is 159 Å². The summed E-state index contributed by atoms with van der Waals surface area (Å²) in [5.41, 5.74) is 1.72. The topological polar surface area (TPSA) is 49.7 Å². The molecule has 0 radical (unpaired) electrons. The summed E-state index contributed by atoms with van der Waals surface area (Å²) in [5, 5.41) is 20.5. The van der Waals surface area contributed by atoms with Crippen LogP contribution in [0.5, 0.6) is 0 Å². The molecule has 4 aliphatic rings. The van der Waals surface area contributed by atoms with Crippen LogP contribution >= 0.6 is 0 Å². The lowest BCUT2D eigenvalue weighted by molar-refractivity contribution is -0.142. The van der Waals surface area contributed by atoms with Gasteiger partial charge >= 0.3 is 0 Å². The summed E-state index contributed by atoms with van der Waals surface area (Å²) in [6.45, 7) is 11.4. The van der Waals surface area contributed by atoms with E-state index in [0.717, 1.165) is 24.7 Å². The van der Waals surface area contributed by atoms with E-state index in [1.807, 2.05) is 6.08 Å². The highest BCUT2D eigenvalue weighted by Gasteiger charge is 2.60. The van der Waals surface area contributed by atoms with Gasteiger partial charge in [-0.15, -0.1) is 0 Å². The molecule has 0 aromatic heterocycles. The molecule has 0 amide bonds. The van der Waals surface area contributed by atoms with Crippen LogP contribution < -0.4 is 0 Å². The van der Waals surface area contributed by atoms with Crippen LogP contribution in [0, 0.1) is 28.6 Å². The maximum Gasteiger partial charge on any atom is 0.0983 e. The van der Waals surface area contributed by atoms with E-state index in [2.05, 4.69) is 34.6 Å². The van der Waals surface area contributed by atoms with E-state index in [4.69, 9.17) is 4.74 Å². The Kier molecular flexibility index (Phi) is 4.42. The molecular formula is C23H38O3. The van der Waals surface area contributed by atoms with Crippen molar-refractivity contribution in [3.05, 3.63) is 11.6 Å². The Balaban J connectivity index is 1.60. The third-order valence-corrected chi connectivity index (χ3v) is 8.54. The maximum atomic E-state index is 10.4. The molecule has 3 heteroatoms. The van der Waals surface area contributed by atoms with E-state index in [9.17, 15) is 10.2 Å². The predicted molar refractivity (Wildman–Crippen MR) is 104 cm³/mol. The number of ether oxygens (including phenoxy) is 1. The monoisotopic (exact) mass is 362 g/mol. The van der Waals surface area contributed by atoms with Crippen molar-refractivity contribution in [2.45, 2.75) is 103 Å². The number of allylic oxidation sites excluding steroid dienone is 1. The molecule has 2 N–H and O–H groups in total. The van der Waals surface area contributed by atoms with Crippen LogP contribution in [0.1, 0.15) is 79.6 Å². The molecule has 0 bridgehead atoms. The van der Waals surface area contributed by atoms with Crippen molar-refractivity contribution < 1.29 is 14.9 Å². The first-order valence-corrected chi connectivity index (χ1v) is 10.8. The summed E-state index contributed by atoms with van der Waals surface area (Å²) in [5.74, 6) is 2.14. The first-order valence-electron chi connectivity index (χ1n) is 10.8. The maximum absolute atomic E-state index is 10.4. The second-order valence-corrected chi connectivity index (χ2v) is 11.1. The van der Waals surface area contributed by atoms with Crippen molar-refractivity contribution in [1.82, 2.24) is 0 Å². The summed E-state index contributed by atoms with van der Waals surface area (Å²) in [6.07, 6.45) is 9.13. The molecule has 0 unspecified atom stereocenters. The predicted octanol–water partition coefficient (Wildman–Crippen LogP) is 4.46. The highest BCUT2D eigenvalue weighted by Crippen LogP contribution is 2.66. The van der Waals surface area contributed by atoms with Gasteiger partial charge in [-0.25, -0.2) is 0 Å². The van der Waals surface area contributed by atoms with Gasteiger partial charge in [-0.3, -0.25) is 0 Å². The molecule has 0 aliphatic heterocycles. The standard InChI is InChI=1S/C23H38O3/c1-21(2,3)26-20-9-8-16-15-7-6-14-12-18(24)19(25)13-23(14,5)17(15)10-11-22(16,20)4/h12,15-20,24-25H,6-11,13H2,1-5H3/t15-,16-,17-,18+,19+,20-,22-,23-/m0/s1. The minimum absolute atomic E-state index is 0.0719. The third kappa shape index (κ3) is 2.81. The number of hydrogen-bond acceptors (Lipinski definition) is 3. The zero-order valence-corrected chi connectivity index (χ0v) is 17.3. The van der Waals surface area contributed by atoms with E-state index < -0.39 is 12.2 Å². The van der Waals surface area contributed by atoms with Gasteiger partial charge < -0.3 is 14.9 Å². The lowest BCUT2D eigenvalue weighted by atomic mass is 9.47. The number of fused-ring (bicyclic) bond motifs is 5. The molecule has 3 nitrogen and oxygen atoms in total. The van der Waals surface area contributed by atoms with Gasteiger partial charge in [-0.05, 0) is 94.3 Å². The molecule has 8 atom stereocenters. The van der Waals surface area contributed by atoms with Crippen LogP contribution in [-0.2, 0) is 4.74 Å². The third-order valence-electron chi connectivity index (χ3n) is 8.54. The van der Waals surface area contributed by atoms with Crippen molar-refractivity contribution in [3.8, 4) is 0 Å². The first kappa shape index (κ1) is 19.0. The molecule has 0 saturated heterocycles. The molecule has 148 valence electrons. The molecule has 3 saturated carbocycles. The van der Waals surface area contributed by atoms with E-state index in [0.29, 0.717) is 17.4 Å². The van der Waals surface area contributed by atoms with Gasteiger partial charge in [-0.1, -0.05) is 25.5 Å². The zero-order valence-electron chi connectivity index (χ0n) is 17.3. The molecular weight excluding hydrogens is 324 g/mol. The summed E-state index contributed by atoms with van der Waals surface area (Å²) in [4.78, 5) is 0. The Bertz CT molecular complexity index is 591. The fourth-order valence-corrected chi connectivity index (χ4v) is 7.33. The number of aliphatic hydroxyl groups excluding tert-OH is 2. The van der Waals surface area contributed by atoms with Crippen molar-refractivity contribution >= 4 is 0 Å². The van der Waals surface area contributed by atoms with E-state index in [1.165, 1.54) is 37.7 Å². The Morgan fingerprint density at radius 1 is 1.04 bits per heavy atom. The van der Waals surface area contributed by atoms with Crippen molar-refractivity contribution in [2.75, 3.05) is 0 Å². The molecule has 4 rings (SSSR count). The van der Waals surface area contributed by atoms with Crippen LogP contribution in [0.15, 0.2) is 11.6 Å². The van der Waals surface area contributed by atoms with Crippen LogP contribution in [0.4, 0.5) is 0 Å². The molecule has 0 spiro atoms. The summed E-state index contributed by atoms with van der Waals surface area (Å²) >= 11 is 0. The Morgan fingerprint density at radius 3 is 2.46 bits per heavy atom. The lowest BCUT2D eigenvalue weighted by Gasteiger charge is -2.59. The Morgan fingerprint density at radius 2 is 1.77 bits per heavy atom. The normalized spacial score (nSPS) is 51.3. The van der Waals surface area contributed by atoms with Gasteiger partial charge in [0.15, 0.2) is 0 Å². The van der Waals surface area contributed by atoms with Gasteiger partial charge in [0.2, 0.25) is 0 Å². The van der Waals surface area contributed by atoms with E-state index >= 15 is 0 Å². The van der Waals surface area contributed by atoms with Gasteiger partial charge in [-0.2, -0.15) is 0 Å². The van der Waals surface area contributed by atoms with Gasteiger partial charge in [0.1, 0.15) is 0 Å². The fraction of sp³-hybridized carbons (Fsp3) is 0.913. The molecule has 4 aliphatic carbocycles. The zero-order chi connectivity index (χ0) is 18.9. The smallest absolute Gasteiger partial charge is 0.0983 e. The quantitative estimate of drug-likeness (QED) is 0.677. The van der Waals surface area contributed by atoms with Gasteiger partial charge in [0.05, 0.1) is 23.9 Å². The summed E-state index contributed by atoms with van der Waals surface area (Å²) in [7, 11) is 0. The molecule has 0 aromatic carbocycles. The second kappa shape index (κ2) is 6.06. The van der Waals surface area contributed by atoms with E-state index in [-0.39, 0.29) is 11.0 Å². The Hall–Kier alpha value is -0.380. The van der Waals surface area contributed by atoms with Crippen LogP contribution in [0.3, 0.4) is 0 Å².